The van der Waals surface area contributed by atoms with Gasteiger partial charge in [0.25, 0.3) is 11.1 Å². The summed E-state index contributed by atoms with van der Waals surface area (Å²) in [6, 6.07) is 17.6. The number of nitrogens with one attached hydrogen (secondary N) is 1. The molecule has 5 nitrogen and oxygen atoms in total. The molecule has 2 aromatic carbocycles. The Morgan fingerprint density at radius 1 is 1.03 bits per heavy atom. The molecule has 1 N–H and O–H groups in total. The highest BCUT2D eigenvalue weighted by Gasteiger charge is 2.39. The van der Waals surface area contributed by atoms with Crippen molar-refractivity contribution in [3.63, 3.8) is 0 Å². The van der Waals surface area contributed by atoms with Crippen molar-refractivity contribution in [3.8, 4) is 5.75 Å². The van der Waals surface area contributed by atoms with E-state index in [0.717, 1.165) is 28.6 Å². The van der Waals surface area contributed by atoms with Crippen LogP contribution in [0.1, 0.15) is 38.0 Å². The Balaban J connectivity index is 1.81. The molecule has 7 heteroatoms. The van der Waals surface area contributed by atoms with E-state index in [-0.39, 0.29) is 22.3 Å². The van der Waals surface area contributed by atoms with Crippen molar-refractivity contribution < 1.29 is 18.8 Å². The Morgan fingerprint density at radius 2 is 1.68 bits per heavy atom. The molecule has 0 saturated carbocycles. The Bertz CT molecular complexity index is 965. The minimum Gasteiger partial charge on any atom is -0.491 e. The van der Waals surface area contributed by atoms with Gasteiger partial charge in [0.1, 0.15) is 18.5 Å². The van der Waals surface area contributed by atoms with Gasteiger partial charge in [-0.3, -0.25) is 14.9 Å². The van der Waals surface area contributed by atoms with Gasteiger partial charge in [0, 0.05) is 0 Å². The molecule has 0 aromatic heterocycles. The summed E-state index contributed by atoms with van der Waals surface area (Å²) in [7, 11) is -2.03. The molecule has 2 amide bonds. The maximum atomic E-state index is 11.8. The van der Waals surface area contributed by atoms with Crippen molar-refractivity contribution in [2.24, 2.45) is 0 Å². The van der Waals surface area contributed by atoms with E-state index in [1.807, 2.05) is 54.6 Å². The average Bonchev–Trinajstić information content (AvgIpc) is 3.02. The van der Waals surface area contributed by atoms with Gasteiger partial charge >= 0.3 is 0 Å². The number of para-hydroxylation sites is 1. The maximum Gasteiger partial charge on any atom is 0.290 e. The van der Waals surface area contributed by atoms with Gasteiger partial charge in [0.2, 0.25) is 0 Å². The zero-order chi connectivity index (χ0) is 22.6. The van der Waals surface area contributed by atoms with Crippen LogP contribution in [0.4, 0.5) is 4.79 Å². The summed E-state index contributed by atoms with van der Waals surface area (Å²) in [5.74, 6) is 0.455. The molecule has 0 bridgehead atoms. The maximum absolute atomic E-state index is 11.8. The average molecular weight is 456 g/mol. The molecule has 0 spiro atoms. The first kappa shape index (κ1) is 23.3. The first-order chi connectivity index (χ1) is 14.5. The number of ether oxygens (including phenoxy) is 1. The van der Waals surface area contributed by atoms with E-state index in [9.17, 15) is 9.59 Å². The van der Waals surface area contributed by atoms with Crippen LogP contribution in [-0.4, -0.2) is 26.1 Å². The number of rotatable bonds is 7. The topological polar surface area (TPSA) is 64.6 Å². The Morgan fingerprint density at radius 3 is 2.23 bits per heavy atom. The van der Waals surface area contributed by atoms with Crippen LogP contribution < -0.4 is 10.1 Å². The van der Waals surface area contributed by atoms with Crippen molar-refractivity contribution in [1.29, 1.82) is 0 Å². The molecule has 1 heterocycles. The van der Waals surface area contributed by atoms with Crippen molar-refractivity contribution >= 4 is 37.3 Å². The molecule has 164 valence electrons. The highest BCUT2D eigenvalue weighted by Crippen LogP contribution is 2.40. The summed E-state index contributed by atoms with van der Waals surface area (Å²) in [4.78, 5) is 23.5. The lowest BCUT2D eigenvalue weighted by atomic mass is 10.1. The second kappa shape index (κ2) is 9.42. The van der Waals surface area contributed by atoms with Gasteiger partial charge in [-0.2, -0.15) is 0 Å². The molecule has 31 heavy (non-hydrogen) atoms. The molecular weight excluding hydrogens is 426 g/mol. The fourth-order valence-electron chi connectivity index (χ4n) is 2.80. The fraction of sp³-hybridized carbons (Fsp3) is 0.333. The lowest BCUT2D eigenvalue weighted by molar-refractivity contribution is -0.115. The summed E-state index contributed by atoms with van der Waals surface area (Å²) in [6.45, 7) is 11.5. The second-order valence-corrected chi connectivity index (χ2v) is 14.8. The van der Waals surface area contributed by atoms with Gasteiger partial charge in [-0.25, -0.2) is 0 Å². The Hall–Kier alpha value is -2.35. The van der Waals surface area contributed by atoms with Crippen LogP contribution in [0, 0.1) is 0 Å². The SMILES string of the molecule is CC(C)(C)[Si](C)(C)OC(COc1ccccc1)c1ccc(C=C2SC(=O)NC2=O)cc1. The number of benzene rings is 2. The molecule has 1 atom stereocenters. The van der Waals surface area contributed by atoms with E-state index >= 15 is 0 Å². The number of carbonyl (C=O) groups excluding carboxylic acids is 2. The molecule has 1 saturated heterocycles. The van der Waals surface area contributed by atoms with Crippen molar-refractivity contribution in [2.75, 3.05) is 6.61 Å². The minimum absolute atomic E-state index is 0.0714. The van der Waals surface area contributed by atoms with Crippen LogP contribution in [0.15, 0.2) is 59.5 Å². The number of thioether (sulfide) groups is 1. The van der Waals surface area contributed by atoms with Gasteiger partial charge in [-0.05, 0) is 59.2 Å². The lowest BCUT2D eigenvalue weighted by Crippen LogP contribution is -2.42. The predicted molar refractivity (Wildman–Crippen MR) is 129 cm³/mol. The van der Waals surface area contributed by atoms with Crippen molar-refractivity contribution in [3.05, 3.63) is 70.6 Å². The van der Waals surface area contributed by atoms with Gasteiger partial charge in [-0.15, -0.1) is 0 Å². The third-order valence-electron chi connectivity index (χ3n) is 5.64. The van der Waals surface area contributed by atoms with Gasteiger partial charge in [-0.1, -0.05) is 63.2 Å². The molecule has 2 aromatic rings. The van der Waals surface area contributed by atoms with Crippen LogP contribution in [0.3, 0.4) is 0 Å². The normalized spacial score (nSPS) is 17.0. The first-order valence-corrected chi connectivity index (χ1v) is 14.0. The monoisotopic (exact) mass is 455 g/mol. The smallest absolute Gasteiger partial charge is 0.290 e. The van der Waals surface area contributed by atoms with Crippen LogP contribution in [0.5, 0.6) is 5.75 Å². The summed E-state index contributed by atoms with van der Waals surface area (Å²) in [6.07, 6.45) is 1.51. The Kier molecular flexibility index (Phi) is 7.09. The van der Waals surface area contributed by atoms with Crippen LogP contribution in [-0.2, 0) is 9.22 Å². The predicted octanol–water partition coefficient (Wildman–Crippen LogP) is 6.15. The van der Waals surface area contributed by atoms with E-state index in [1.165, 1.54) is 0 Å². The summed E-state index contributed by atoms with van der Waals surface area (Å²) >= 11 is 0.918. The third-order valence-corrected chi connectivity index (χ3v) is 10.9. The van der Waals surface area contributed by atoms with E-state index in [0.29, 0.717) is 11.5 Å². The van der Waals surface area contributed by atoms with E-state index in [2.05, 4.69) is 39.2 Å². The fourth-order valence-corrected chi connectivity index (χ4v) is 4.75. The first-order valence-electron chi connectivity index (χ1n) is 10.3. The zero-order valence-corrected chi connectivity index (χ0v) is 20.4. The van der Waals surface area contributed by atoms with Gasteiger partial charge in [0.05, 0.1) is 4.91 Å². The summed E-state index contributed by atoms with van der Waals surface area (Å²) < 4.78 is 12.7. The standard InChI is InChI=1S/C24H29NO4SSi/c1-24(2,3)31(4,5)29-20(16-28-19-9-7-6-8-10-19)18-13-11-17(12-14-18)15-21-22(26)25-23(27)30-21/h6-15,20H,16H2,1-5H3,(H,25,26,27). The van der Waals surface area contributed by atoms with E-state index < -0.39 is 8.32 Å². The number of hydrogen-bond donors (Lipinski definition) is 1. The van der Waals surface area contributed by atoms with E-state index in [1.54, 1.807) is 6.08 Å². The van der Waals surface area contributed by atoms with Crippen molar-refractivity contribution in [1.82, 2.24) is 5.32 Å². The van der Waals surface area contributed by atoms with Crippen molar-refractivity contribution in [2.45, 2.75) is 45.0 Å². The molecular formula is C24H29NO4SSi. The quantitative estimate of drug-likeness (QED) is 0.400. The zero-order valence-electron chi connectivity index (χ0n) is 18.6. The molecule has 1 aliphatic rings. The highest BCUT2D eigenvalue weighted by atomic mass is 32.2. The largest absolute Gasteiger partial charge is 0.491 e. The van der Waals surface area contributed by atoms with Crippen LogP contribution in [0.25, 0.3) is 6.08 Å². The Labute approximate surface area is 189 Å². The van der Waals surface area contributed by atoms with Crippen LogP contribution >= 0.6 is 11.8 Å². The number of carbonyl (C=O) groups is 2. The number of hydrogen-bond acceptors (Lipinski definition) is 5. The third kappa shape index (κ3) is 6.09. The molecule has 1 unspecified atom stereocenters. The molecule has 1 aliphatic heterocycles. The second-order valence-electron chi connectivity index (χ2n) is 9.01. The molecule has 3 rings (SSSR count). The molecule has 0 radical (unpaired) electrons. The highest BCUT2D eigenvalue weighted by molar-refractivity contribution is 8.18. The summed E-state index contributed by atoms with van der Waals surface area (Å²) in [5.41, 5.74) is 1.87. The lowest BCUT2D eigenvalue weighted by Gasteiger charge is -2.39. The number of imide groups is 1. The van der Waals surface area contributed by atoms with Crippen LogP contribution in [0.2, 0.25) is 18.1 Å². The molecule has 0 aliphatic carbocycles. The van der Waals surface area contributed by atoms with Gasteiger partial charge < -0.3 is 9.16 Å². The molecule has 1 fully saturated rings. The van der Waals surface area contributed by atoms with Gasteiger partial charge in [0.15, 0.2) is 8.32 Å². The number of amides is 2. The minimum atomic E-state index is -2.03. The van der Waals surface area contributed by atoms with E-state index in [4.69, 9.17) is 9.16 Å². The summed E-state index contributed by atoms with van der Waals surface area (Å²) in [5, 5.41) is 2.01.